The molecule has 0 aliphatic carbocycles. The highest BCUT2D eigenvalue weighted by Gasteiger charge is 2.63. The van der Waals surface area contributed by atoms with Crippen LogP contribution in [0.2, 0.25) is 0 Å². The molecule has 0 unspecified atom stereocenters. The number of carbonyl (C=O) groups excluding carboxylic acids is 1. The van der Waals surface area contributed by atoms with Gasteiger partial charge >= 0.3 is 6.09 Å². The highest BCUT2D eigenvalue weighted by atomic mass is 19.1. The van der Waals surface area contributed by atoms with E-state index in [1.165, 1.54) is 17.0 Å². The summed E-state index contributed by atoms with van der Waals surface area (Å²) in [5.41, 5.74) is -0.735. The molecule has 3 saturated heterocycles. The number of likely N-dealkylation sites (tertiary alicyclic amines) is 1. The molecule has 1 N–H and O–H groups in total. The van der Waals surface area contributed by atoms with Crippen molar-refractivity contribution in [3.05, 3.63) is 35.4 Å². The third-order valence-corrected chi connectivity index (χ3v) is 4.75. The van der Waals surface area contributed by atoms with Gasteiger partial charge in [-0.3, -0.25) is 4.79 Å². The Bertz CT molecular complexity index is 684. The zero-order valence-electron chi connectivity index (χ0n) is 12.0. The molecule has 0 aromatic heterocycles. The van der Waals surface area contributed by atoms with Crippen molar-refractivity contribution in [1.29, 1.82) is 0 Å². The minimum atomic E-state index is -1.13. The normalized spacial score (nSPS) is 28.2. The van der Waals surface area contributed by atoms with Crippen LogP contribution in [0.15, 0.2) is 18.2 Å². The van der Waals surface area contributed by atoms with Crippen LogP contribution >= 0.6 is 0 Å². The Morgan fingerprint density at radius 1 is 1.22 bits per heavy atom. The molecule has 2 atom stereocenters. The smallest absolute Gasteiger partial charge is 0.407 e. The molecule has 6 nitrogen and oxygen atoms in total. The van der Waals surface area contributed by atoms with E-state index in [9.17, 15) is 18.4 Å². The first-order valence-electron chi connectivity index (χ1n) is 7.34. The summed E-state index contributed by atoms with van der Waals surface area (Å²) in [5.74, 6) is -1.68. The molecule has 0 bridgehead atoms. The van der Waals surface area contributed by atoms with Crippen molar-refractivity contribution in [2.45, 2.75) is 30.7 Å². The van der Waals surface area contributed by atoms with Gasteiger partial charge in [0, 0.05) is 6.07 Å². The first kappa shape index (κ1) is 14.4. The molecule has 1 aromatic rings. The highest BCUT2D eigenvalue weighted by molar-refractivity contribution is 5.91. The van der Waals surface area contributed by atoms with Crippen molar-refractivity contribution < 1.29 is 28.2 Å². The third-order valence-electron chi connectivity index (χ3n) is 4.75. The SMILES string of the molecule is O=C(O)N1CC2(C1)O[C@@H]1CC[C@@H](c3cc(F)cc(F)c3)N1C2=O. The van der Waals surface area contributed by atoms with E-state index in [1.54, 1.807) is 0 Å². The maximum absolute atomic E-state index is 13.4. The maximum Gasteiger partial charge on any atom is 0.407 e. The van der Waals surface area contributed by atoms with Gasteiger partial charge in [-0.15, -0.1) is 0 Å². The van der Waals surface area contributed by atoms with Gasteiger partial charge in [0.1, 0.15) is 17.9 Å². The lowest BCUT2D eigenvalue weighted by molar-refractivity contribution is -0.155. The molecule has 3 heterocycles. The van der Waals surface area contributed by atoms with Crippen LogP contribution < -0.4 is 0 Å². The number of carboxylic acid groups (broad SMARTS) is 1. The van der Waals surface area contributed by atoms with Crippen molar-refractivity contribution in [3.8, 4) is 0 Å². The van der Waals surface area contributed by atoms with E-state index in [2.05, 4.69) is 0 Å². The summed E-state index contributed by atoms with van der Waals surface area (Å²) in [6, 6.07) is 2.78. The van der Waals surface area contributed by atoms with Gasteiger partial charge in [-0.05, 0) is 30.5 Å². The summed E-state index contributed by atoms with van der Waals surface area (Å²) in [6.07, 6.45) is -0.445. The van der Waals surface area contributed by atoms with Crippen LogP contribution in [0.5, 0.6) is 0 Å². The molecule has 3 fully saturated rings. The Balaban J connectivity index is 1.60. The first-order valence-corrected chi connectivity index (χ1v) is 7.34. The monoisotopic (exact) mass is 324 g/mol. The zero-order chi connectivity index (χ0) is 16.4. The summed E-state index contributed by atoms with van der Waals surface area (Å²) in [6.45, 7) is -0.00318. The van der Waals surface area contributed by atoms with Gasteiger partial charge in [-0.1, -0.05) is 0 Å². The van der Waals surface area contributed by atoms with Crippen LogP contribution in [0.4, 0.5) is 13.6 Å². The molecular weight excluding hydrogens is 310 g/mol. The lowest BCUT2D eigenvalue weighted by Gasteiger charge is -2.43. The number of rotatable bonds is 1. The number of halogens is 2. The van der Waals surface area contributed by atoms with Crippen LogP contribution in [-0.2, 0) is 9.53 Å². The van der Waals surface area contributed by atoms with Crippen molar-refractivity contribution in [3.63, 3.8) is 0 Å². The standard InChI is InChI=1S/C15H14F2N2O4/c16-9-3-8(4-10(17)5-9)11-1-2-12-19(11)13(20)15(23-12)6-18(7-15)14(21)22/h3-5,11-12H,1-2,6-7H2,(H,21,22)/t11-,12+/m0/s1. The van der Waals surface area contributed by atoms with Crippen LogP contribution in [0, 0.1) is 11.6 Å². The average molecular weight is 324 g/mol. The molecule has 23 heavy (non-hydrogen) atoms. The molecule has 4 rings (SSSR count). The van der Waals surface area contributed by atoms with Crippen LogP contribution in [0.25, 0.3) is 0 Å². The van der Waals surface area contributed by atoms with E-state index in [0.717, 1.165) is 11.0 Å². The Kier molecular flexibility index (Phi) is 2.90. The second-order valence-electron chi connectivity index (χ2n) is 6.21. The molecular formula is C15H14F2N2O4. The van der Waals surface area contributed by atoms with Crippen molar-refractivity contribution in [2.75, 3.05) is 13.1 Å². The number of carbonyl (C=O) groups is 2. The Hall–Kier alpha value is -2.22. The second-order valence-corrected chi connectivity index (χ2v) is 6.21. The Morgan fingerprint density at radius 3 is 2.48 bits per heavy atom. The minimum absolute atomic E-state index is 0.00159. The molecule has 3 aliphatic rings. The number of fused-ring (bicyclic) bond motifs is 1. The number of hydrogen-bond donors (Lipinski definition) is 1. The predicted octanol–water partition coefficient (Wildman–Crippen LogP) is 1.72. The second kappa shape index (κ2) is 4.64. The minimum Gasteiger partial charge on any atom is -0.465 e. The first-order chi connectivity index (χ1) is 10.9. The lowest BCUT2D eigenvalue weighted by Crippen LogP contribution is -2.67. The Labute approximate surface area is 130 Å². The van der Waals surface area contributed by atoms with Gasteiger partial charge in [-0.25, -0.2) is 13.6 Å². The van der Waals surface area contributed by atoms with Gasteiger partial charge in [0.05, 0.1) is 19.1 Å². The van der Waals surface area contributed by atoms with Crippen molar-refractivity contribution in [2.24, 2.45) is 0 Å². The zero-order valence-corrected chi connectivity index (χ0v) is 12.0. The topological polar surface area (TPSA) is 70.1 Å². The molecule has 2 amide bonds. The third kappa shape index (κ3) is 2.01. The fourth-order valence-electron chi connectivity index (χ4n) is 3.72. The molecule has 1 spiro atoms. The van der Waals surface area contributed by atoms with Crippen molar-refractivity contribution >= 4 is 12.0 Å². The fraction of sp³-hybridized carbons (Fsp3) is 0.467. The van der Waals surface area contributed by atoms with Gasteiger partial charge < -0.3 is 19.6 Å². The summed E-state index contributed by atoms with van der Waals surface area (Å²) in [7, 11) is 0. The van der Waals surface area contributed by atoms with E-state index >= 15 is 0 Å². The van der Waals surface area contributed by atoms with Gasteiger partial charge in [-0.2, -0.15) is 0 Å². The van der Waals surface area contributed by atoms with Gasteiger partial charge in [0.15, 0.2) is 5.60 Å². The summed E-state index contributed by atoms with van der Waals surface area (Å²) in [5, 5.41) is 8.92. The number of hydrogen-bond acceptors (Lipinski definition) is 3. The van der Waals surface area contributed by atoms with Gasteiger partial charge in [0.25, 0.3) is 5.91 Å². The quantitative estimate of drug-likeness (QED) is 0.854. The molecule has 0 radical (unpaired) electrons. The van der Waals surface area contributed by atoms with Crippen LogP contribution in [0.3, 0.4) is 0 Å². The maximum atomic E-state index is 13.4. The summed E-state index contributed by atoms with van der Waals surface area (Å²) < 4.78 is 32.7. The molecule has 3 aliphatic heterocycles. The van der Waals surface area contributed by atoms with Crippen molar-refractivity contribution in [1.82, 2.24) is 9.80 Å². The molecule has 1 aromatic carbocycles. The van der Waals surface area contributed by atoms with Crippen LogP contribution in [-0.4, -0.2) is 51.8 Å². The molecule has 0 saturated carbocycles. The van der Waals surface area contributed by atoms with E-state index < -0.39 is 35.6 Å². The van der Waals surface area contributed by atoms with E-state index in [-0.39, 0.29) is 19.0 Å². The van der Waals surface area contributed by atoms with E-state index in [0.29, 0.717) is 18.4 Å². The predicted molar refractivity (Wildman–Crippen MR) is 72.4 cm³/mol. The van der Waals surface area contributed by atoms with Gasteiger partial charge in [0.2, 0.25) is 0 Å². The van der Waals surface area contributed by atoms with Crippen LogP contribution in [0.1, 0.15) is 24.4 Å². The molecule has 122 valence electrons. The molecule has 8 heteroatoms. The summed E-state index contributed by atoms with van der Waals surface area (Å²) in [4.78, 5) is 26.2. The fourth-order valence-corrected chi connectivity index (χ4v) is 3.72. The summed E-state index contributed by atoms with van der Waals surface area (Å²) >= 11 is 0. The van der Waals surface area contributed by atoms with E-state index in [1.807, 2.05) is 0 Å². The average Bonchev–Trinajstić information content (AvgIpc) is 2.94. The largest absolute Gasteiger partial charge is 0.465 e. The Morgan fingerprint density at radius 2 is 1.87 bits per heavy atom. The number of ether oxygens (including phenoxy) is 1. The lowest BCUT2D eigenvalue weighted by atomic mass is 9.92. The highest BCUT2D eigenvalue weighted by Crippen LogP contribution is 2.47. The number of benzene rings is 1. The number of amides is 2. The number of nitrogens with zero attached hydrogens (tertiary/aromatic N) is 2. The van der Waals surface area contributed by atoms with E-state index in [4.69, 9.17) is 9.84 Å².